The van der Waals surface area contributed by atoms with Gasteiger partial charge in [0.25, 0.3) is 0 Å². The number of carbonyl (C=O) groups excluding carboxylic acids is 1. The first-order valence-corrected chi connectivity index (χ1v) is 11.4. The van der Waals surface area contributed by atoms with Gasteiger partial charge in [0.15, 0.2) is 0 Å². The molecule has 0 aliphatic carbocycles. The second-order valence-corrected chi connectivity index (χ2v) is 9.05. The molecule has 0 atom stereocenters. The predicted octanol–water partition coefficient (Wildman–Crippen LogP) is 4.64. The smallest absolute Gasteiger partial charge is 0.232 e. The summed E-state index contributed by atoms with van der Waals surface area (Å²) in [5.74, 6) is 0.145. The molecule has 1 heterocycles. The number of halogens is 1. The van der Waals surface area contributed by atoms with Crippen LogP contribution >= 0.6 is 11.6 Å². The summed E-state index contributed by atoms with van der Waals surface area (Å²) in [4.78, 5) is 16.8. The summed E-state index contributed by atoms with van der Waals surface area (Å²) in [5.41, 5.74) is 2.84. The van der Waals surface area contributed by atoms with Crippen LogP contribution in [0.25, 0.3) is 11.5 Å². The van der Waals surface area contributed by atoms with E-state index in [0.29, 0.717) is 40.0 Å². The van der Waals surface area contributed by atoms with E-state index in [0.717, 1.165) is 5.56 Å². The Kier molecular flexibility index (Phi) is 6.79. The normalized spacial score (nSPS) is 11.3. The number of benzene rings is 2. The van der Waals surface area contributed by atoms with Gasteiger partial charge in [-0.3, -0.25) is 9.52 Å². The van der Waals surface area contributed by atoms with Gasteiger partial charge >= 0.3 is 0 Å². The van der Waals surface area contributed by atoms with Crippen LogP contribution in [0.5, 0.6) is 0 Å². The molecule has 0 aliphatic rings. The number of nitrogens with one attached hydrogen (secondary N) is 2. The number of rotatable bonds is 8. The third kappa shape index (κ3) is 5.61. The van der Waals surface area contributed by atoms with Gasteiger partial charge < -0.3 is 9.73 Å². The van der Waals surface area contributed by atoms with Gasteiger partial charge in [-0.15, -0.1) is 0 Å². The van der Waals surface area contributed by atoms with Gasteiger partial charge in [0, 0.05) is 16.3 Å². The van der Waals surface area contributed by atoms with Crippen molar-refractivity contribution in [2.24, 2.45) is 0 Å². The lowest BCUT2D eigenvalue weighted by Crippen LogP contribution is -2.18. The topological polar surface area (TPSA) is 101 Å². The molecule has 7 nitrogen and oxygen atoms in total. The second-order valence-electron chi connectivity index (χ2n) is 6.77. The van der Waals surface area contributed by atoms with Gasteiger partial charge in [0.2, 0.25) is 21.8 Å². The molecule has 0 fully saturated rings. The molecule has 2 N–H and O–H groups in total. The maximum Gasteiger partial charge on any atom is 0.232 e. The fourth-order valence-corrected chi connectivity index (χ4v) is 4.16. The van der Waals surface area contributed by atoms with E-state index >= 15 is 0 Å². The molecule has 30 heavy (non-hydrogen) atoms. The minimum absolute atomic E-state index is 0.0162. The van der Waals surface area contributed by atoms with Crippen LogP contribution in [0.15, 0.2) is 53.1 Å². The molecule has 0 radical (unpaired) electrons. The Morgan fingerprint density at radius 2 is 1.83 bits per heavy atom. The Hall–Kier alpha value is -2.84. The zero-order valence-corrected chi connectivity index (χ0v) is 18.2. The number of nitrogens with zero attached hydrogens (tertiary/aromatic N) is 1. The minimum Gasteiger partial charge on any atom is -0.444 e. The van der Waals surface area contributed by atoms with E-state index in [-0.39, 0.29) is 18.1 Å². The first-order valence-electron chi connectivity index (χ1n) is 9.37. The molecule has 3 rings (SSSR count). The zero-order chi connectivity index (χ0) is 21.7. The summed E-state index contributed by atoms with van der Waals surface area (Å²) in [6.45, 7) is 3.54. The number of hydrogen-bond donors (Lipinski definition) is 2. The molecule has 1 aromatic heterocycles. The van der Waals surface area contributed by atoms with E-state index < -0.39 is 10.0 Å². The number of aromatic nitrogens is 1. The summed E-state index contributed by atoms with van der Waals surface area (Å²) in [6, 6.07) is 12.1. The number of sulfonamides is 1. The summed E-state index contributed by atoms with van der Waals surface area (Å²) in [6.07, 6.45) is 1.97. The molecule has 2 aromatic carbocycles. The minimum atomic E-state index is -3.42. The molecule has 3 aromatic rings. The van der Waals surface area contributed by atoms with E-state index in [9.17, 15) is 13.2 Å². The van der Waals surface area contributed by atoms with Gasteiger partial charge in [-0.25, -0.2) is 13.4 Å². The van der Waals surface area contributed by atoms with Crippen LogP contribution in [0.3, 0.4) is 0 Å². The molecule has 0 saturated heterocycles. The standard InChI is InChI=1S/C21H22ClN3O4S/c1-3-11-30(27,28)25-19-6-4-5-18(14(19)2)24-20(26)12-17-13-29-21(23-17)15-7-9-16(22)10-8-15/h4-10,13,25H,3,11-12H2,1-2H3,(H,24,26). The number of carbonyl (C=O) groups is 1. The van der Waals surface area contributed by atoms with Crippen molar-refractivity contribution < 1.29 is 17.6 Å². The second kappa shape index (κ2) is 9.32. The zero-order valence-electron chi connectivity index (χ0n) is 16.6. The van der Waals surface area contributed by atoms with E-state index in [1.54, 1.807) is 56.3 Å². The summed E-state index contributed by atoms with van der Waals surface area (Å²) >= 11 is 5.88. The summed E-state index contributed by atoms with van der Waals surface area (Å²) in [5, 5.41) is 3.41. The lowest BCUT2D eigenvalue weighted by Gasteiger charge is -2.14. The Morgan fingerprint density at radius 1 is 1.13 bits per heavy atom. The Bertz CT molecular complexity index is 1140. The van der Waals surface area contributed by atoms with Crippen molar-refractivity contribution in [2.45, 2.75) is 26.7 Å². The molecule has 1 amide bonds. The van der Waals surface area contributed by atoms with Crippen LogP contribution < -0.4 is 10.0 Å². The molecule has 0 saturated carbocycles. The van der Waals surface area contributed by atoms with Crippen LogP contribution in [0, 0.1) is 6.92 Å². The highest BCUT2D eigenvalue weighted by atomic mass is 35.5. The Morgan fingerprint density at radius 3 is 2.53 bits per heavy atom. The fourth-order valence-electron chi connectivity index (χ4n) is 2.84. The predicted molar refractivity (Wildman–Crippen MR) is 118 cm³/mol. The third-order valence-electron chi connectivity index (χ3n) is 4.33. The first kappa shape index (κ1) is 21.9. The summed E-state index contributed by atoms with van der Waals surface area (Å²) in [7, 11) is -3.42. The molecule has 0 bridgehead atoms. The molecule has 9 heteroatoms. The van der Waals surface area contributed by atoms with Gasteiger partial charge in [-0.1, -0.05) is 24.6 Å². The van der Waals surface area contributed by atoms with E-state index in [1.807, 2.05) is 0 Å². The molecule has 0 aliphatic heterocycles. The van der Waals surface area contributed by atoms with Crippen LogP contribution in [0.2, 0.25) is 5.02 Å². The molecular weight excluding hydrogens is 426 g/mol. The quantitative estimate of drug-likeness (QED) is 0.524. The average molecular weight is 448 g/mol. The summed E-state index contributed by atoms with van der Waals surface area (Å²) < 4.78 is 32.1. The van der Waals surface area contributed by atoms with Crippen LogP contribution in [-0.4, -0.2) is 25.1 Å². The molecule has 0 spiro atoms. The maximum atomic E-state index is 12.5. The number of amides is 1. The highest BCUT2D eigenvalue weighted by Gasteiger charge is 2.15. The fraction of sp³-hybridized carbons (Fsp3) is 0.238. The number of hydrogen-bond acceptors (Lipinski definition) is 5. The van der Waals surface area contributed by atoms with Crippen molar-refractivity contribution in [1.82, 2.24) is 4.98 Å². The lowest BCUT2D eigenvalue weighted by atomic mass is 10.1. The van der Waals surface area contributed by atoms with E-state index in [4.69, 9.17) is 16.0 Å². The third-order valence-corrected chi connectivity index (χ3v) is 6.06. The van der Waals surface area contributed by atoms with E-state index in [2.05, 4.69) is 15.0 Å². The van der Waals surface area contributed by atoms with Crippen LogP contribution in [-0.2, 0) is 21.2 Å². The molecule has 0 unspecified atom stereocenters. The molecule has 158 valence electrons. The largest absolute Gasteiger partial charge is 0.444 e. The average Bonchev–Trinajstić information content (AvgIpc) is 3.13. The van der Waals surface area contributed by atoms with Gasteiger partial charge in [-0.2, -0.15) is 0 Å². The SMILES string of the molecule is CCCS(=O)(=O)Nc1cccc(NC(=O)Cc2coc(-c3ccc(Cl)cc3)n2)c1C. The number of oxazole rings is 1. The highest BCUT2D eigenvalue weighted by Crippen LogP contribution is 2.25. The van der Waals surface area contributed by atoms with Gasteiger partial charge in [0.1, 0.15) is 6.26 Å². The van der Waals surface area contributed by atoms with Gasteiger partial charge in [-0.05, 0) is 55.3 Å². The maximum absolute atomic E-state index is 12.5. The van der Waals surface area contributed by atoms with E-state index in [1.165, 1.54) is 6.26 Å². The van der Waals surface area contributed by atoms with Crippen molar-refractivity contribution in [1.29, 1.82) is 0 Å². The monoisotopic (exact) mass is 447 g/mol. The number of anilines is 2. The van der Waals surface area contributed by atoms with Crippen LogP contribution in [0.1, 0.15) is 24.6 Å². The van der Waals surface area contributed by atoms with Crippen LogP contribution in [0.4, 0.5) is 11.4 Å². The molecular formula is C21H22ClN3O4S. The highest BCUT2D eigenvalue weighted by molar-refractivity contribution is 7.92. The van der Waals surface area contributed by atoms with Crippen molar-refractivity contribution in [3.8, 4) is 11.5 Å². The van der Waals surface area contributed by atoms with Crippen molar-refractivity contribution in [2.75, 3.05) is 15.8 Å². The Balaban J connectivity index is 1.68. The van der Waals surface area contributed by atoms with Crippen molar-refractivity contribution >= 4 is 38.9 Å². The lowest BCUT2D eigenvalue weighted by molar-refractivity contribution is -0.115. The van der Waals surface area contributed by atoms with Crippen molar-refractivity contribution in [3.63, 3.8) is 0 Å². The Labute approximate surface area is 180 Å². The first-order chi connectivity index (χ1) is 14.3. The van der Waals surface area contributed by atoms with Crippen molar-refractivity contribution in [3.05, 3.63) is 65.0 Å². The van der Waals surface area contributed by atoms with Gasteiger partial charge in [0.05, 0.1) is 23.6 Å².